The Bertz CT molecular complexity index is 456. The van der Waals surface area contributed by atoms with Crippen LogP contribution in [-0.2, 0) is 9.53 Å². The SMILES string of the molecule is COc1cc(N)ccc1NC(=O)CCC1CCCCO1. The standard InChI is InChI=1S/C15H22N2O3/c1-19-14-10-11(16)5-7-13(14)17-15(18)8-6-12-4-2-3-9-20-12/h5,7,10,12H,2-4,6,8-9,16H2,1H3,(H,17,18). The van der Waals surface area contributed by atoms with Crippen molar-refractivity contribution in [3.63, 3.8) is 0 Å². The van der Waals surface area contributed by atoms with Gasteiger partial charge < -0.3 is 20.5 Å². The molecule has 0 aliphatic carbocycles. The fourth-order valence-corrected chi connectivity index (χ4v) is 2.35. The summed E-state index contributed by atoms with van der Waals surface area (Å²) < 4.78 is 10.8. The third-order valence-corrected chi connectivity index (χ3v) is 3.47. The molecule has 0 saturated carbocycles. The molecule has 1 aromatic rings. The molecule has 1 unspecified atom stereocenters. The molecule has 1 heterocycles. The Balaban J connectivity index is 1.84. The number of nitrogens with two attached hydrogens (primary N) is 1. The van der Waals surface area contributed by atoms with Crippen molar-refractivity contribution in [2.24, 2.45) is 0 Å². The summed E-state index contributed by atoms with van der Waals surface area (Å²) in [4.78, 5) is 12.0. The molecule has 5 nitrogen and oxygen atoms in total. The van der Waals surface area contributed by atoms with Crippen LogP contribution >= 0.6 is 0 Å². The molecule has 1 atom stereocenters. The quantitative estimate of drug-likeness (QED) is 0.812. The van der Waals surface area contributed by atoms with Crippen LogP contribution in [0.4, 0.5) is 11.4 Å². The third-order valence-electron chi connectivity index (χ3n) is 3.47. The first-order valence-corrected chi connectivity index (χ1v) is 7.04. The van der Waals surface area contributed by atoms with Gasteiger partial charge in [0, 0.05) is 24.8 Å². The molecule has 110 valence electrons. The molecule has 0 radical (unpaired) electrons. The molecule has 0 aromatic heterocycles. The van der Waals surface area contributed by atoms with Crippen molar-refractivity contribution in [3.8, 4) is 5.75 Å². The maximum absolute atomic E-state index is 12.0. The molecule has 0 spiro atoms. The number of methoxy groups -OCH3 is 1. The highest BCUT2D eigenvalue weighted by Crippen LogP contribution is 2.27. The van der Waals surface area contributed by atoms with Gasteiger partial charge in [-0.2, -0.15) is 0 Å². The second kappa shape index (κ2) is 7.14. The fourth-order valence-electron chi connectivity index (χ4n) is 2.35. The molecule has 5 heteroatoms. The Morgan fingerprint density at radius 3 is 3.05 bits per heavy atom. The molecule has 20 heavy (non-hydrogen) atoms. The summed E-state index contributed by atoms with van der Waals surface area (Å²) in [5.74, 6) is 0.550. The number of amides is 1. The zero-order valence-electron chi connectivity index (χ0n) is 11.9. The lowest BCUT2D eigenvalue weighted by atomic mass is 10.0. The molecule has 1 amide bonds. The lowest BCUT2D eigenvalue weighted by Gasteiger charge is -2.22. The second-order valence-corrected chi connectivity index (χ2v) is 5.04. The number of carbonyl (C=O) groups excluding carboxylic acids is 1. The van der Waals surface area contributed by atoms with Gasteiger partial charge >= 0.3 is 0 Å². The van der Waals surface area contributed by atoms with Crippen LogP contribution in [0, 0.1) is 0 Å². The normalized spacial score (nSPS) is 18.6. The van der Waals surface area contributed by atoms with E-state index < -0.39 is 0 Å². The zero-order valence-corrected chi connectivity index (χ0v) is 11.9. The molecule has 1 aliphatic rings. The van der Waals surface area contributed by atoms with Crippen molar-refractivity contribution in [1.82, 2.24) is 0 Å². The summed E-state index contributed by atoms with van der Waals surface area (Å²) in [6.07, 6.45) is 4.83. The largest absolute Gasteiger partial charge is 0.494 e. The average Bonchev–Trinajstić information content (AvgIpc) is 2.48. The first-order valence-electron chi connectivity index (χ1n) is 7.04. The van der Waals surface area contributed by atoms with Crippen molar-refractivity contribution < 1.29 is 14.3 Å². The maximum Gasteiger partial charge on any atom is 0.224 e. The van der Waals surface area contributed by atoms with Gasteiger partial charge in [-0.05, 0) is 37.8 Å². The number of nitrogens with one attached hydrogen (secondary N) is 1. The zero-order chi connectivity index (χ0) is 14.4. The maximum atomic E-state index is 12.0. The van der Waals surface area contributed by atoms with E-state index in [4.69, 9.17) is 15.2 Å². The van der Waals surface area contributed by atoms with E-state index in [-0.39, 0.29) is 12.0 Å². The number of ether oxygens (including phenoxy) is 2. The summed E-state index contributed by atoms with van der Waals surface area (Å²) >= 11 is 0. The van der Waals surface area contributed by atoms with Crippen LogP contribution < -0.4 is 15.8 Å². The topological polar surface area (TPSA) is 73.6 Å². The number of hydrogen-bond donors (Lipinski definition) is 2. The van der Waals surface area contributed by atoms with Crippen LogP contribution in [0.1, 0.15) is 32.1 Å². The summed E-state index contributed by atoms with van der Waals surface area (Å²) in [6, 6.07) is 5.19. The molecule has 1 aliphatic heterocycles. The van der Waals surface area contributed by atoms with Crippen LogP contribution in [0.3, 0.4) is 0 Å². The van der Waals surface area contributed by atoms with E-state index in [0.29, 0.717) is 23.5 Å². The predicted octanol–water partition coefficient (Wildman–Crippen LogP) is 2.57. The monoisotopic (exact) mass is 278 g/mol. The minimum Gasteiger partial charge on any atom is -0.494 e. The Hall–Kier alpha value is -1.75. The number of rotatable bonds is 5. The summed E-state index contributed by atoms with van der Waals surface area (Å²) in [5.41, 5.74) is 6.94. The highest BCUT2D eigenvalue weighted by atomic mass is 16.5. The van der Waals surface area contributed by atoms with Gasteiger partial charge in [-0.1, -0.05) is 0 Å². The number of anilines is 2. The first kappa shape index (κ1) is 14.7. The lowest BCUT2D eigenvalue weighted by molar-refractivity contribution is -0.117. The number of nitrogen functional groups attached to an aromatic ring is 1. The van der Waals surface area contributed by atoms with Crippen molar-refractivity contribution in [2.75, 3.05) is 24.8 Å². The highest BCUT2D eigenvalue weighted by molar-refractivity contribution is 5.92. The van der Waals surface area contributed by atoms with Gasteiger partial charge in [-0.25, -0.2) is 0 Å². The van der Waals surface area contributed by atoms with Gasteiger partial charge in [0.25, 0.3) is 0 Å². The molecule has 2 rings (SSSR count). The van der Waals surface area contributed by atoms with Crippen LogP contribution in [0.25, 0.3) is 0 Å². The second-order valence-electron chi connectivity index (χ2n) is 5.04. The predicted molar refractivity (Wildman–Crippen MR) is 78.9 cm³/mol. The van der Waals surface area contributed by atoms with Crippen LogP contribution in [-0.4, -0.2) is 25.7 Å². The van der Waals surface area contributed by atoms with E-state index in [1.54, 1.807) is 25.3 Å². The average molecular weight is 278 g/mol. The Morgan fingerprint density at radius 1 is 1.50 bits per heavy atom. The van der Waals surface area contributed by atoms with E-state index >= 15 is 0 Å². The van der Waals surface area contributed by atoms with Crippen LogP contribution in [0.2, 0.25) is 0 Å². The van der Waals surface area contributed by atoms with Gasteiger partial charge in [-0.15, -0.1) is 0 Å². The van der Waals surface area contributed by atoms with E-state index in [9.17, 15) is 4.79 Å². The van der Waals surface area contributed by atoms with E-state index in [0.717, 1.165) is 25.9 Å². The van der Waals surface area contributed by atoms with Crippen molar-refractivity contribution >= 4 is 17.3 Å². The Kier molecular flexibility index (Phi) is 5.24. The molecule has 0 bridgehead atoms. The summed E-state index contributed by atoms with van der Waals surface area (Å²) in [7, 11) is 1.56. The van der Waals surface area contributed by atoms with E-state index in [1.807, 2.05) is 0 Å². The van der Waals surface area contributed by atoms with Crippen LogP contribution in [0.5, 0.6) is 5.75 Å². The minimum absolute atomic E-state index is 0.0257. The Morgan fingerprint density at radius 2 is 2.35 bits per heavy atom. The van der Waals surface area contributed by atoms with Gasteiger partial charge in [-0.3, -0.25) is 4.79 Å². The fraction of sp³-hybridized carbons (Fsp3) is 0.533. The van der Waals surface area contributed by atoms with E-state index in [2.05, 4.69) is 5.32 Å². The molecule has 1 fully saturated rings. The number of hydrogen-bond acceptors (Lipinski definition) is 4. The molecular formula is C15H22N2O3. The van der Waals surface area contributed by atoms with Gasteiger partial charge in [0.2, 0.25) is 5.91 Å². The van der Waals surface area contributed by atoms with Crippen LogP contribution in [0.15, 0.2) is 18.2 Å². The van der Waals surface area contributed by atoms with Crippen molar-refractivity contribution in [3.05, 3.63) is 18.2 Å². The molecular weight excluding hydrogens is 256 g/mol. The summed E-state index contributed by atoms with van der Waals surface area (Å²) in [5, 5.41) is 2.85. The van der Waals surface area contributed by atoms with Gasteiger partial charge in [0.15, 0.2) is 0 Å². The minimum atomic E-state index is -0.0257. The number of benzene rings is 1. The van der Waals surface area contributed by atoms with Crippen molar-refractivity contribution in [1.29, 1.82) is 0 Å². The Labute approximate surface area is 119 Å². The summed E-state index contributed by atoms with van der Waals surface area (Å²) in [6.45, 7) is 0.818. The van der Waals surface area contributed by atoms with Gasteiger partial charge in [0.1, 0.15) is 5.75 Å². The third kappa shape index (κ3) is 4.13. The molecule has 1 saturated heterocycles. The molecule has 1 aromatic carbocycles. The lowest BCUT2D eigenvalue weighted by Crippen LogP contribution is -2.21. The van der Waals surface area contributed by atoms with Crippen molar-refractivity contribution in [2.45, 2.75) is 38.2 Å². The molecule has 3 N–H and O–H groups in total. The van der Waals surface area contributed by atoms with Gasteiger partial charge in [0.05, 0.1) is 18.9 Å². The highest BCUT2D eigenvalue weighted by Gasteiger charge is 2.16. The first-order chi connectivity index (χ1) is 9.69. The smallest absolute Gasteiger partial charge is 0.224 e. The number of carbonyl (C=O) groups is 1. The van der Waals surface area contributed by atoms with E-state index in [1.165, 1.54) is 6.42 Å².